The number of phenolic OH excluding ortho intramolecular Hbond substituents is 1. The fraction of sp³-hybridized carbons (Fsp3) is 0.364. The Bertz CT molecular complexity index is 370. The van der Waals surface area contributed by atoms with Gasteiger partial charge in [-0.1, -0.05) is 0 Å². The van der Waals surface area contributed by atoms with Gasteiger partial charge in [-0.3, -0.25) is 4.79 Å². The number of hydrogen-bond acceptors (Lipinski definition) is 4. The van der Waals surface area contributed by atoms with Gasteiger partial charge < -0.3 is 15.6 Å². The molecule has 0 spiro atoms. The highest BCUT2D eigenvalue weighted by Crippen LogP contribution is 2.25. The number of nitrogens with two attached hydrogens (primary N) is 1. The molecule has 0 saturated heterocycles. The minimum Gasteiger partial charge on any atom is -0.508 e. The van der Waals surface area contributed by atoms with E-state index in [0.717, 1.165) is 11.1 Å². The zero-order valence-corrected chi connectivity index (χ0v) is 10.3. The van der Waals surface area contributed by atoms with Crippen LogP contribution < -0.4 is 5.73 Å². The van der Waals surface area contributed by atoms with Gasteiger partial charge in [0.2, 0.25) is 0 Å². The van der Waals surface area contributed by atoms with Crippen LogP contribution >= 0.6 is 12.4 Å². The van der Waals surface area contributed by atoms with Crippen molar-refractivity contribution in [2.75, 3.05) is 7.11 Å². The average molecular weight is 246 g/mol. The Morgan fingerprint density at radius 3 is 2.19 bits per heavy atom. The van der Waals surface area contributed by atoms with Crippen LogP contribution in [0.25, 0.3) is 0 Å². The van der Waals surface area contributed by atoms with E-state index in [0.29, 0.717) is 5.56 Å². The molecular formula is C11H16ClNO3. The first-order valence-electron chi connectivity index (χ1n) is 4.61. The zero-order chi connectivity index (χ0) is 11.6. The van der Waals surface area contributed by atoms with Gasteiger partial charge in [0.25, 0.3) is 0 Å². The maximum absolute atomic E-state index is 11.3. The summed E-state index contributed by atoms with van der Waals surface area (Å²) in [6.07, 6.45) is 0. The van der Waals surface area contributed by atoms with Crippen LogP contribution in [0.15, 0.2) is 12.1 Å². The lowest BCUT2D eigenvalue weighted by Gasteiger charge is -2.15. The molecule has 0 aliphatic carbocycles. The summed E-state index contributed by atoms with van der Waals surface area (Å²) in [6, 6.07) is 2.35. The third-order valence-electron chi connectivity index (χ3n) is 2.34. The third kappa shape index (κ3) is 2.87. The summed E-state index contributed by atoms with van der Waals surface area (Å²) in [7, 11) is 1.30. The van der Waals surface area contributed by atoms with Crippen molar-refractivity contribution in [1.82, 2.24) is 0 Å². The van der Waals surface area contributed by atoms with E-state index in [2.05, 4.69) is 4.74 Å². The first kappa shape index (κ1) is 14.7. The highest BCUT2D eigenvalue weighted by atomic mass is 35.5. The summed E-state index contributed by atoms with van der Waals surface area (Å²) >= 11 is 0. The molecule has 0 radical (unpaired) electrons. The van der Waals surface area contributed by atoms with Crippen molar-refractivity contribution in [3.8, 4) is 5.75 Å². The summed E-state index contributed by atoms with van der Waals surface area (Å²) in [5.74, 6) is -0.308. The van der Waals surface area contributed by atoms with E-state index in [1.165, 1.54) is 7.11 Å². The Morgan fingerprint density at radius 1 is 1.38 bits per heavy atom. The SMILES string of the molecule is COC(=O)[C@H](N)c1c(C)cc(O)cc1C.Cl. The molecule has 16 heavy (non-hydrogen) atoms. The predicted octanol–water partition coefficient (Wildman–Crippen LogP) is 1.60. The smallest absolute Gasteiger partial charge is 0.327 e. The molecule has 3 N–H and O–H groups in total. The summed E-state index contributed by atoms with van der Waals surface area (Å²) < 4.78 is 4.58. The van der Waals surface area contributed by atoms with Crippen LogP contribution in [-0.4, -0.2) is 18.2 Å². The molecule has 4 nitrogen and oxygen atoms in total. The van der Waals surface area contributed by atoms with E-state index in [1.807, 2.05) is 0 Å². The molecule has 0 unspecified atom stereocenters. The standard InChI is InChI=1S/C11H15NO3.ClH/c1-6-4-8(13)5-7(2)9(6)10(12)11(14)15-3;/h4-5,10,13H,12H2,1-3H3;1H/t10-;/m1./s1. The number of benzene rings is 1. The molecule has 0 amide bonds. The Hall–Kier alpha value is -1.26. The van der Waals surface area contributed by atoms with Gasteiger partial charge in [-0.25, -0.2) is 0 Å². The lowest BCUT2D eigenvalue weighted by molar-refractivity contribution is -0.142. The second-order valence-corrected chi connectivity index (χ2v) is 3.49. The molecule has 1 atom stereocenters. The number of methoxy groups -OCH3 is 1. The van der Waals surface area contributed by atoms with Gasteiger partial charge in [-0.05, 0) is 42.7 Å². The Morgan fingerprint density at radius 2 is 1.81 bits per heavy atom. The number of aromatic hydroxyl groups is 1. The molecule has 1 aromatic rings. The number of rotatable bonds is 2. The average Bonchev–Trinajstić information content (AvgIpc) is 2.14. The molecule has 1 rings (SSSR count). The summed E-state index contributed by atoms with van der Waals surface area (Å²) in [4.78, 5) is 11.3. The summed E-state index contributed by atoms with van der Waals surface area (Å²) in [6.45, 7) is 3.59. The van der Waals surface area contributed by atoms with E-state index >= 15 is 0 Å². The normalized spacial score (nSPS) is 11.5. The lowest BCUT2D eigenvalue weighted by Crippen LogP contribution is -2.24. The predicted molar refractivity (Wildman–Crippen MR) is 63.8 cm³/mol. The van der Waals surface area contributed by atoms with Crippen molar-refractivity contribution >= 4 is 18.4 Å². The monoisotopic (exact) mass is 245 g/mol. The molecular weight excluding hydrogens is 230 g/mol. The third-order valence-corrected chi connectivity index (χ3v) is 2.34. The number of ether oxygens (including phenoxy) is 1. The highest BCUT2D eigenvalue weighted by Gasteiger charge is 2.20. The van der Waals surface area contributed by atoms with Gasteiger partial charge in [-0.15, -0.1) is 12.4 Å². The molecule has 90 valence electrons. The van der Waals surface area contributed by atoms with Crippen LogP contribution in [0.3, 0.4) is 0 Å². The molecule has 0 fully saturated rings. The Balaban J connectivity index is 0.00000225. The second-order valence-electron chi connectivity index (χ2n) is 3.49. The molecule has 0 bridgehead atoms. The van der Waals surface area contributed by atoms with Crippen molar-refractivity contribution in [2.45, 2.75) is 19.9 Å². The van der Waals surface area contributed by atoms with Gasteiger partial charge in [0.1, 0.15) is 11.8 Å². The van der Waals surface area contributed by atoms with Crippen LogP contribution in [0.5, 0.6) is 5.75 Å². The fourth-order valence-electron chi connectivity index (χ4n) is 1.69. The number of esters is 1. The number of hydrogen-bond donors (Lipinski definition) is 2. The van der Waals surface area contributed by atoms with Crippen molar-refractivity contribution < 1.29 is 14.6 Å². The largest absolute Gasteiger partial charge is 0.508 e. The number of aryl methyl sites for hydroxylation is 2. The van der Waals surface area contributed by atoms with E-state index in [1.54, 1.807) is 26.0 Å². The zero-order valence-electron chi connectivity index (χ0n) is 9.48. The van der Waals surface area contributed by atoms with Crippen molar-refractivity contribution in [2.24, 2.45) is 5.73 Å². The molecule has 0 saturated carbocycles. The Labute approximate surface area is 101 Å². The van der Waals surface area contributed by atoms with Crippen LogP contribution in [0.2, 0.25) is 0 Å². The second kappa shape index (κ2) is 5.72. The first-order valence-corrected chi connectivity index (χ1v) is 4.61. The Kier molecular flexibility index (Phi) is 5.27. The van der Waals surface area contributed by atoms with Crippen LogP contribution in [0.1, 0.15) is 22.7 Å². The number of halogens is 1. The number of phenols is 1. The molecule has 0 aromatic heterocycles. The molecule has 0 aliphatic heterocycles. The van der Waals surface area contributed by atoms with Gasteiger partial charge in [0, 0.05) is 0 Å². The quantitative estimate of drug-likeness (QED) is 0.777. The lowest BCUT2D eigenvalue weighted by atomic mass is 9.96. The minimum atomic E-state index is -0.796. The first-order chi connectivity index (χ1) is 6.97. The molecule has 0 aliphatic rings. The van der Waals surface area contributed by atoms with E-state index in [-0.39, 0.29) is 18.2 Å². The summed E-state index contributed by atoms with van der Waals surface area (Å²) in [5.41, 5.74) is 8.02. The van der Waals surface area contributed by atoms with Crippen LogP contribution in [-0.2, 0) is 9.53 Å². The molecule has 1 aromatic carbocycles. The van der Waals surface area contributed by atoms with Crippen molar-refractivity contribution in [1.29, 1.82) is 0 Å². The maximum atomic E-state index is 11.3. The molecule has 5 heteroatoms. The minimum absolute atomic E-state index is 0. The highest BCUT2D eigenvalue weighted by molar-refractivity contribution is 5.85. The topological polar surface area (TPSA) is 72.5 Å². The van der Waals surface area contributed by atoms with E-state index in [9.17, 15) is 9.90 Å². The van der Waals surface area contributed by atoms with Gasteiger partial charge in [-0.2, -0.15) is 0 Å². The van der Waals surface area contributed by atoms with E-state index < -0.39 is 12.0 Å². The molecule has 0 heterocycles. The van der Waals surface area contributed by atoms with Gasteiger partial charge in [0.05, 0.1) is 7.11 Å². The van der Waals surface area contributed by atoms with Gasteiger partial charge in [0.15, 0.2) is 0 Å². The number of carbonyl (C=O) groups excluding carboxylic acids is 1. The van der Waals surface area contributed by atoms with Crippen LogP contribution in [0, 0.1) is 13.8 Å². The summed E-state index contributed by atoms with van der Waals surface area (Å²) in [5, 5.41) is 9.34. The van der Waals surface area contributed by atoms with Crippen LogP contribution in [0.4, 0.5) is 0 Å². The van der Waals surface area contributed by atoms with E-state index in [4.69, 9.17) is 5.73 Å². The van der Waals surface area contributed by atoms with Crippen molar-refractivity contribution in [3.05, 3.63) is 28.8 Å². The fourth-order valence-corrected chi connectivity index (χ4v) is 1.69. The van der Waals surface area contributed by atoms with Gasteiger partial charge >= 0.3 is 5.97 Å². The van der Waals surface area contributed by atoms with Crippen molar-refractivity contribution in [3.63, 3.8) is 0 Å². The maximum Gasteiger partial charge on any atom is 0.327 e. The number of carbonyl (C=O) groups is 1.